The smallest absolute Gasteiger partial charge is 0.217 e. The zero-order valence-corrected chi connectivity index (χ0v) is 11.6. The molecule has 1 fully saturated rings. The van der Waals surface area contributed by atoms with Gasteiger partial charge in [-0.3, -0.25) is 4.79 Å². The fourth-order valence-electron chi connectivity index (χ4n) is 2.03. The molecule has 1 aliphatic rings. The lowest BCUT2D eigenvalue weighted by atomic mass is 10.0. The van der Waals surface area contributed by atoms with Gasteiger partial charge in [0, 0.05) is 19.0 Å². The highest BCUT2D eigenvalue weighted by Crippen LogP contribution is 2.29. The number of thiol groups is 1. The van der Waals surface area contributed by atoms with Crippen LogP contribution >= 0.6 is 12.6 Å². The van der Waals surface area contributed by atoms with E-state index in [-0.39, 0.29) is 11.3 Å². The Morgan fingerprint density at radius 3 is 2.50 bits per heavy atom. The van der Waals surface area contributed by atoms with Crippen molar-refractivity contribution in [2.45, 2.75) is 57.5 Å². The number of carbonyl (C=O) groups excluding carboxylic acids is 1. The summed E-state index contributed by atoms with van der Waals surface area (Å²) < 4.78 is 0. The summed E-state index contributed by atoms with van der Waals surface area (Å²) in [6.07, 6.45) is 3.75. The number of carbonyl (C=O) groups is 1. The van der Waals surface area contributed by atoms with Gasteiger partial charge in [0.2, 0.25) is 5.91 Å². The molecule has 16 heavy (non-hydrogen) atoms. The molecule has 0 aromatic heterocycles. The average molecular weight is 244 g/mol. The quantitative estimate of drug-likeness (QED) is 0.552. The lowest BCUT2D eigenvalue weighted by Gasteiger charge is -2.29. The molecule has 0 aromatic carbocycles. The Morgan fingerprint density at radius 2 is 2.06 bits per heavy atom. The number of rotatable bonds is 6. The monoisotopic (exact) mass is 244 g/mol. The second kappa shape index (κ2) is 5.92. The molecule has 1 aliphatic carbocycles. The van der Waals surface area contributed by atoms with Gasteiger partial charge in [0.1, 0.15) is 0 Å². The van der Waals surface area contributed by atoms with Gasteiger partial charge >= 0.3 is 0 Å². The van der Waals surface area contributed by atoms with Crippen LogP contribution in [0.2, 0.25) is 0 Å². The molecular formula is C12H24N2OS. The minimum Gasteiger partial charge on any atom is -0.345 e. The standard InChI is InChI=1S/C12H24N2OS/c1-8(12(16)13-10(3)15)7-9(2)14(4)11-5-6-11/h8-9,11-12,16H,5-7H2,1-4H3,(H,13,15). The predicted octanol–water partition coefficient (Wildman–Crippen LogP) is 1.89. The third kappa shape index (κ3) is 4.34. The van der Waals surface area contributed by atoms with E-state index in [1.807, 2.05) is 0 Å². The second-order valence-electron chi connectivity index (χ2n) is 5.10. The van der Waals surface area contributed by atoms with Crippen molar-refractivity contribution in [1.82, 2.24) is 10.2 Å². The van der Waals surface area contributed by atoms with Gasteiger partial charge in [-0.2, -0.15) is 12.6 Å². The van der Waals surface area contributed by atoms with Crippen LogP contribution in [0.15, 0.2) is 0 Å². The fourth-order valence-corrected chi connectivity index (χ4v) is 2.33. The highest BCUT2D eigenvalue weighted by Gasteiger charge is 2.30. The van der Waals surface area contributed by atoms with Crippen molar-refractivity contribution >= 4 is 18.5 Å². The molecule has 3 nitrogen and oxygen atoms in total. The summed E-state index contributed by atoms with van der Waals surface area (Å²) in [5, 5.41) is 2.80. The van der Waals surface area contributed by atoms with Crippen LogP contribution < -0.4 is 5.32 Å². The summed E-state index contributed by atoms with van der Waals surface area (Å²) in [7, 11) is 2.20. The first-order valence-corrected chi connectivity index (χ1v) is 6.60. The van der Waals surface area contributed by atoms with Crippen molar-refractivity contribution in [3.63, 3.8) is 0 Å². The molecule has 0 bridgehead atoms. The molecule has 1 rings (SSSR count). The van der Waals surface area contributed by atoms with E-state index in [4.69, 9.17) is 0 Å². The van der Waals surface area contributed by atoms with Gasteiger partial charge in [-0.1, -0.05) is 6.92 Å². The predicted molar refractivity (Wildman–Crippen MR) is 70.6 cm³/mol. The molecular weight excluding hydrogens is 220 g/mol. The number of nitrogens with zero attached hydrogens (tertiary/aromatic N) is 1. The summed E-state index contributed by atoms with van der Waals surface area (Å²) in [5.74, 6) is 0.387. The van der Waals surface area contributed by atoms with Crippen molar-refractivity contribution in [3.05, 3.63) is 0 Å². The van der Waals surface area contributed by atoms with E-state index in [1.54, 1.807) is 0 Å². The number of amides is 1. The molecule has 3 unspecified atom stereocenters. The van der Waals surface area contributed by atoms with Crippen LogP contribution in [-0.2, 0) is 4.79 Å². The fraction of sp³-hybridized carbons (Fsp3) is 0.917. The summed E-state index contributed by atoms with van der Waals surface area (Å²) in [5.41, 5.74) is 0. The molecule has 0 heterocycles. The third-order valence-electron chi connectivity index (χ3n) is 3.42. The van der Waals surface area contributed by atoms with Crippen LogP contribution in [-0.4, -0.2) is 35.3 Å². The molecule has 0 aromatic rings. The van der Waals surface area contributed by atoms with Crippen molar-refractivity contribution in [2.24, 2.45) is 5.92 Å². The Labute approximate surface area is 104 Å². The van der Waals surface area contributed by atoms with E-state index < -0.39 is 0 Å². The average Bonchev–Trinajstić information content (AvgIpc) is 2.98. The Hall–Kier alpha value is -0.220. The van der Waals surface area contributed by atoms with E-state index in [0.717, 1.165) is 12.5 Å². The van der Waals surface area contributed by atoms with Crippen LogP contribution in [0, 0.1) is 5.92 Å². The van der Waals surface area contributed by atoms with Crippen LogP contribution in [0.5, 0.6) is 0 Å². The Balaban J connectivity index is 2.31. The van der Waals surface area contributed by atoms with E-state index in [1.165, 1.54) is 19.8 Å². The number of nitrogens with one attached hydrogen (secondary N) is 1. The molecule has 0 saturated heterocycles. The molecule has 94 valence electrons. The van der Waals surface area contributed by atoms with Gasteiger partial charge < -0.3 is 10.2 Å². The zero-order chi connectivity index (χ0) is 12.3. The molecule has 0 spiro atoms. The molecule has 1 N–H and O–H groups in total. The third-order valence-corrected chi connectivity index (χ3v) is 4.06. The van der Waals surface area contributed by atoms with Gasteiger partial charge in [-0.15, -0.1) is 0 Å². The molecule has 1 amide bonds. The minimum atomic E-state index is -0.0347. The van der Waals surface area contributed by atoms with Crippen LogP contribution in [0.25, 0.3) is 0 Å². The highest BCUT2D eigenvalue weighted by atomic mass is 32.1. The largest absolute Gasteiger partial charge is 0.345 e. The van der Waals surface area contributed by atoms with Gasteiger partial charge in [0.25, 0.3) is 0 Å². The van der Waals surface area contributed by atoms with Gasteiger partial charge in [0.05, 0.1) is 5.37 Å². The maximum Gasteiger partial charge on any atom is 0.217 e. The molecule has 0 radical (unpaired) electrons. The van der Waals surface area contributed by atoms with Crippen molar-refractivity contribution in [3.8, 4) is 0 Å². The highest BCUT2D eigenvalue weighted by molar-refractivity contribution is 7.80. The maximum atomic E-state index is 10.9. The zero-order valence-electron chi connectivity index (χ0n) is 10.7. The molecule has 4 heteroatoms. The van der Waals surface area contributed by atoms with E-state index in [0.29, 0.717) is 12.0 Å². The SMILES string of the molecule is CC(=O)NC(S)C(C)CC(C)N(C)C1CC1. The van der Waals surface area contributed by atoms with Crippen molar-refractivity contribution in [2.75, 3.05) is 7.05 Å². The van der Waals surface area contributed by atoms with Crippen LogP contribution in [0.4, 0.5) is 0 Å². The van der Waals surface area contributed by atoms with Gasteiger partial charge in [-0.25, -0.2) is 0 Å². The Bertz CT molecular complexity index is 243. The van der Waals surface area contributed by atoms with Crippen molar-refractivity contribution in [1.29, 1.82) is 0 Å². The second-order valence-corrected chi connectivity index (χ2v) is 5.66. The van der Waals surface area contributed by atoms with Crippen LogP contribution in [0.3, 0.4) is 0 Å². The summed E-state index contributed by atoms with van der Waals surface area (Å²) in [6, 6.07) is 1.35. The number of hydrogen-bond acceptors (Lipinski definition) is 3. The molecule has 3 atom stereocenters. The first-order chi connectivity index (χ1) is 7.41. The Morgan fingerprint density at radius 1 is 1.50 bits per heavy atom. The van der Waals surface area contributed by atoms with Gasteiger partial charge in [-0.05, 0) is 39.2 Å². The molecule has 1 saturated carbocycles. The van der Waals surface area contributed by atoms with E-state index >= 15 is 0 Å². The summed E-state index contributed by atoms with van der Waals surface area (Å²) in [6.45, 7) is 5.93. The Kier molecular flexibility index (Phi) is 5.12. The minimum absolute atomic E-state index is 0.00458. The van der Waals surface area contributed by atoms with Crippen molar-refractivity contribution < 1.29 is 4.79 Å². The summed E-state index contributed by atoms with van der Waals surface area (Å²) in [4.78, 5) is 13.4. The van der Waals surface area contributed by atoms with E-state index in [2.05, 4.69) is 43.7 Å². The van der Waals surface area contributed by atoms with Gasteiger partial charge in [0.15, 0.2) is 0 Å². The normalized spacial score (nSPS) is 21.6. The first kappa shape index (κ1) is 13.8. The summed E-state index contributed by atoms with van der Waals surface area (Å²) >= 11 is 4.42. The van der Waals surface area contributed by atoms with E-state index in [9.17, 15) is 4.79 Å². The first-order valence-electron chi connectivity index (χ1n) is 6.09. The maximum absolute atomic E-state index is 10.9. The topological polar surface area (TPSA) is 32.3 Å². The van der Waals surface area contributed by atoms with Crippen LogP contribution in [0.1, 0.15) is 40.0 Å². The lowest BCUT2D eigenvalue weighted by Crippen LogP contribution is -2.38. The lowest BCUT2D eigenvalue weighted by molar-refractivity contribution is -0.119. The molecule has 0 aliphatic heterocycles. The number of hydrogen-bond donors (Lipinski definition) is 2.